The van der Waals surface area contributed by atoms with Gasteiger partial charge in [0.25, 0.3) is 0 Å². The predicted octanol–water partition coefficient (Wildman–Crippen LogP) is 14.5. The van der Waals surface area contributed by atoms with Crippen LogP contribution in [0, 0.1) is 0 Å². The summed E-state index contributed by atoms with van der Waals surface area (Å²) in [7, 11) is 0. The summed E-state index contributed by atoms with van der Waals surface area (Å²) in [5, 5.41) is 2.58. The Kier molecular flexibility index (Phi) is 7.84. The van der Waals surface area contributed by atoms with Gasteiger partial charge in [-0.05, 0) is 75.7 Å². The van der Waals surface area contributed by atoms with Crippen LogP contribution in [0.15, 0.2) is 200 Å². The highest BCUT2D eigenvalue weighted by Crippen LogP contribution is 2.53. The fraction of sp³-hybridized carbons (Fsp3) is 0.0370. The van der Waals surface area contributed by atoms with Gasteiger partial charge in [0.15, 0.2) is 5.82 Å². The maximum Gasteiger partial charge on any atom is 0.160 e. The molecule has 2 heterocycles. The van der Waals surface area contributed by atoms with Crippen molar-refractivity contribution in [1.29, 1.82) is 0 Å². The van der Waals surface area contributed by atoms with E-state index in [1.807, 2.05) is 17.4 Å². The van der Waals surface area contributed by atoms with Gasteiger partial charge in [-0.15, -0.1) is 11.3 Å². The Balaban J connectivity index is 1.06. The first-order chi connectivity index (χ1) is 28.1. The number of thiophene rings is 1. The largest absolute Gasteiger partial charge is 0.228 e. The summed E-state index contributed by atoms with van der Waals surface area (Å²) in [5.74, 6) is 0.706. The zero-order chi connectivity index (χ0) is 37.9. The van der Waals surface area contributed by atoms with Gasteiger partial charge >= 0.3 is 0 Å². The molecule has 2 nitrogen and oxygen atoms in total. The fourth-order valence-corrected chi connectivity index (χ4v) is 10.2. The van der Waals surface area contributed by atoms with Crippen LogP contribution >= 0.6 is 11.3 Å². The third-order valence-corrected chi connectivity index (χ3v) is 13.0. The number of aromatic nitrogens is 2. The molecule has 268 valence electrons. The van der Waals surface area contributed by atoms with Gasteiger partial charge in [0.05, 0.1) is 11.4 Å². The van der Waals surface area contributed by atoms with Gasteiger partial charge in [-0.1, -0.05) is 176 Å². The Bertz CT molecular complexity index is 3140. The van der Waals surface area contributed by atoms with Crippen LogP contribution in [0.25, 0.3) is 87.5 Å². The van der Waals surface area contributed by atoms with Crippen LogP contribution in [0.3, 0.4) is 0 Å². The molecule has 10 aromatic rings. The van der Waals surface area contributed by atoms with Crippen LogP contribution in [-0.4, -0.2) is 9.97 Å². The van der Waals surface area contributed by atoms with Crippen molar-refractivity contribution >= 4 is 31.5 Å². The summed E-state index contributed by atoms with van der Waals surface area (Å²) >= 11 is 1.86. The van der Waals surface area contributed by atoms with E-state index in [-0.39, 0.29) is 5.41 Å². The maximum atomic E-state index is 5.29. The second kappa shape index (κ2) is 13.4. The quantitative estimate of drug-likeness (QED) is 0.169. The van der Waals surface area contributed by atoms with E-state index in [9.17, 15) is 0 Å². The van der Waals surface area contributed by atoms with Crippen molar-refractivity contribution in [3.63, 3.8) is 0 Å². The van der Waals surface area contributed by atoms with Gasteiger partial charge < -0.3 is 0 Å². The summed E-state index contributed by atoms with van der Waals surface area (Å²) in [5.41, 5.74) is 15.9. The maximum absolute atomic E-state index is 5.29. The average molecular weight is 745 g/mol. The van der Waals surface area contributed by atoms with E-state index in [0.29, 0.717) is 5.82 Å². The second-order valence-corrected chi connectivity index (χ2v) is 16.1. The molecule has 0 aliphatic heterocycles. The van der Waals surface area contributed by atoms with Gasteiger partial charge in [0.2, 0.25) is 0 Å². The van der Waals surface area contributed by atoms with Crippen molar-refractivity contribution in [3.05, 3.63) is 217 Å². The zero-order valence-corrected chi connectivity index (χ0v) is 32.2. The van der Waals surface area contributed by atoms with Gasteiger partial charge in [-0.2, -0.15) is 0 Å². The highest BCUT2D eigenvalue weighted by Gasteiger charge is 2.40. The Morgan fingerprint density at radius 2 is 0.982 bits per heavy atom. The summed E-state index contributed by atoms with van der Waals surface area (Å²) in [6, 6.07) is 72.2. The minimum Gasteiger partial charge on any atom is -0.228 e. The van der Waals surface area contributed by atoms with Crippen molar-refractivity contribution in [2.24, 2.45) is 0 Å². The zero-order valence-electron chi connectivity index (χ0n) is 31.4. The van der Waals surface area contributed by atoms with Crippen molar-refractivity contribution in [1.82, 2.24) is 9.97 Å². The van der Waals surface area contributed by atoms with Crippen LogP contribution in [-0.2, 0) is 5.41 Å². The first-order valence-electron chi connectivity index (χ1n) is 19.5. The van der Waals surface area contributed by atoms with E-state index in [4.69, 9.17) is 9.97 Å². The summed E-state index contributed by atoms with van der Waals surface area (Å²) in [6.45, 7) is 2.37. The van der Waals surface area contributed by atoms with E-state index < -0.39 is 0 Å². The molecule has 0 amide bonds. The number of hydrogen-bond donors (Lipinski definition) is 0. The second-order valence-electron chi connectivity index (χ2n) is 15.0. The van der Waals surface area contributed by atoms with E-state index in [2.05, 4.69) is 201 Å². The van der Waals surface area contributed by atoms with Crippen LogP contribution in [0.1, 0.15) is 23.6 Å². The van der Waals surface area contributed by atoms with E-state index in [1.165, 1.54) is 59.1 Å². The molecule has 0 spiro atoms. The lowest BCUT2D eigenvalue weighted by Crippen LogP contribution is -2.22. The molecule has 1 unspecified atom stereocenters. The highest BCUT2D eigenvalue weighted by atomic mass is 32.1. The third-order valence-electron chi connectivity index (χ3n) is 11.8. The van der Waals surface area contributed by atoms with Gasteiger partial charge in [0, 0.05) is 47.8 Å². The molecule has 0 radical (unpaired) electrons. The SMILES string of the molecule is CC1(c2ccccc2)c2ccccc2-c2ccc(-c3cccc(-c4cc(-c5ccccc5-c5cccc6c5sc5ccccc56)nc(-c5ccccc5)n4)c3)cc21. The number of benzene rings is 8. The molecule has 1 aliphatic rings. The molecule has 1 aliphatic carbocycles. The van der Waals surface area contributed by atoms with Crippen molar-refractivity contribution < 1.29 is 0 Å². The lowest BCUT2D eigenvalue weighted by molar-refractivity contribution is 0.714. The molecule has 2 aromatic heterocycles. The molecular weight excluding hydrogens is 709 g/mol. The number of rotatable bonds is 6. The standard InChI is InChI=1S/C54H36N2S/c1-54(39-20-6-3-7-21-39)47-28-12-10-23-41(47)42-31-30-37(33-48(42)54)36-18-14-19-38(32-36)49-34-50(56-53(55-49)35-16-4-2-5-17-35)43-24-9-8-22-40(43)45-26-15-27-46-44-25-11-13-29-51(44)57-52(45)46/h2-34H,1H3. The number of fused-ring (bicyclic) bond motifs is 6. The molecule has 1 atom stereocenters. The monoisotopic (exact) mass is 744 g/mol. The summed E-state index contributed by atoms with van der Waals surface area (Å²) in [6.07, 6.45) is 0. The molecule has 0 N–H and O–H groups in total. The normalized spacial score (nSPS) is 14.5. The molecule has 3 heteroatoms. The molecule has 0 saturated heterocycles. The van der Waals surface area contributed by atoms with Gasteiger partial charge in [-0.25, -0.2) is 9.97 Å². The van der Waals surface area contributed by atoms with Crippen molar-refractivity contribution in [2.75, 3.05) is 0 Å². The smallest absolute Gasteiger partial charge is 0.160 e. The molecule has 0 bridgehead atoms. The van der Waals surface area contributed by atoms with Crippen molar-refractivity contribution in [2.45, 2.75) is 12.3 Å². The topological polar surface area (TPSA) is 25.8 Å². The van der Waals surface area contributed by atoms with Crippen LogP contribution in [0.2, 0.25) is 0 Å². The molecule has 11 rings (SSSR count). The molecule has 57 heavy (non-hydrogen) atoms. The lowest BCUT2D eigenvalue weighted by atomic mass is 9.74. The first-order valence-corrected chi connectivity index (χ1v) is 20.3. The van der Waals surface area contributed by atoms with Gasteiger partial charge in [-0.3, -0.25) is 0 Å². The third kappa shape index (κ3) is 5.46. The van der Waals surface area contributed by atoms with Gasteiger partial charge in [0.1, 0.15) is 0 Å². The molecule has 8 aromatic carbocycles. The molecule has 0 saturated carbocycles. The van der Waals surface area contributed by atoms with E-state index in [0.717, 1.165) is 39.2 Å². The number of hydrogen-bond acceptors (Lipinski definition) is 3. The lowest BCUT2D eigenvalue weighted by Gasteiger charge is -2.28. The van der Waals surface area contributed by atoms with Crippen LogP contribution in [0.4, 0.5) is 0 Å². The first kappa shape index (κ1) is 33.4. The Labute approximate surface area is 336 Å². The summed E-state index contributed by atoms with van der Waals surface area (Å²) < 4.78 is 2.59. The minimum atomic E-state index is -0.263. The molecular formula is C54H36N2S. The highest BCUT2D eigenvalue weighted by molar-refractivity contribution is 7.26. The van der Waals surface area contributed by atoms with Crippen molar-refractivity contribution in [3.8, 4) is 67.3 Å². The fourth-order valence-electron chi connectivity index (χ4n) is 8.96. The minimum absolute atomic E-state index is 0.263. The Morgan fingerprint density at radius 1 is 0.386 bits per heavy atom. The van der Waals surface area contributed by atoms with Crippen LogP contribution in [0.5, 0.6) is 0 Å². The van der Waals surface area contributed by atoms with E-state index in [1.54, 1.807) is 0 Å². The number of nitrogens with zero attached hydrogens (tertiary/aromatic N) is 2. The Hall–Kier alpha value is -6.94. The van der Waals surface area contributed by atoms with E-state index >= 15 is 0 Å². The van der Waals surface area contributed by atoms with Crippen LogP contribution < -0.4 is 0 Å². The predicted molar refractivity (Wildman–Crippen MR) is 240 cm³/mol. The molecule has 0 fully saturated rings. The summed E-state index contributed by atoms with van der Waals surface area (Å²) in [4.78, 5) is 10.5. The Morgan fingerprint density at radius 3 is 1.84 bits per heavy atom. The average Bonchev–Trinajstić information content (AvgIpc) is 3.80.